The van der Waals surface area contributed by atoms with Crippen molar-refractivity contribution in [1.82, 2.24) is 4.98 Å². The fourth-order valence-electron chi connectivity index (χ4n) is 3.04. The van der Waals surface area contributed by atoms with Gasteiger partial charge in [0, 0.05) is 34.3 Å². The highest BCUT2D eigenvalue weighted by molar-refractivity contribution is 7.11. The summed E-state index contributed by atoms with van der Waals surface area (Å²) in [5, 5.41) is 16.0. The van der Waals surface area contributed by atoms with Crippen LogP contribution >= 0.6 is 11.3 Å². The molecule has 0 unspecified atom stereocenters. The van der Waals surface area contributed by atoms with E-state index in [1.807, 2.05) is 29.6 Å². The van der Waals surface area contributed by atoms with E-state index in [4.69, 9.17) is 13.9 Å². The monoisotopic (exact) mass is 415 g/mol. The Labute approximate surface area is 174 Å². The maximum atomic E-state index is 11.3. The van der Waals surface area contributed by atoms with Crippen molar-refractivity contribution >= 4 is 33.6 Å². The van der Waals surface area contributed by atoms with E-state index >= 15 is 0 Å². The Kier molecular flexibility index (Phi) is 4.42. The van der Waals surface area contributed by atoms with E-state index in [0.29, 0.717) is 27.7 Å². The van der Waals surface area contributed by atoms with Crippen molar-refractivity contribution in [2.24, 2.45) is 0 Å². The minimum atomic E-state index is -0.392. The minimum Gasteiger partial charge on any atom is -0.454 e. The van der Waals surface area contributed by atoms with Gasteiger partial charge in [0.2, 0.25) is 6.79 Å². The lowest BCUT2D eigenvalue weighted by atomic mass is 10.1. The van der Waals surface area contributed by atoms with Crippen molar-refractivity contribution in [3.63, 3.8) is 0 Å². The molecule has 1 aliphatic heterocycles. The molecule has 5 rings (SSSR count). The number of nitriles is 1. The molecule has 0 saturated carbocycles. The number of nitrogens with zero attached hydrogens (tertiary/aromatic N) is 2. The third kappa shape index (κ3) is 3.38. The molecule has 0 aliphatic carbocycles. The molecule has 0 saturated heterocycles. The topological polar surface area (TPSA) is 97.4 Å². The van der Waals surface area contributed by atoms with Gasteiger partial charge in [-0.2, -0.15) is 5.26 Å². The molecule has 8 heteroatoms. The molecule has 0 spiro atoms. The number of hydrogen-bond acceptors (Lipinski definition) is 8. The van der Waals surface area contributed by atoms with E-state index in [2.05, 4.69) is 16.4 Å². The quantitative estimate of drug-likeness (QED) is 0.384. The number of anilines is 1. The van der Waals surface area contributed by atoms with Crippen LogP contribution in [0.5, 0.6) is 11.5 Å². The first-order valence-electron chi connectivity index (χ1n) is 8.96. The van der Waals surface area contributed by atoms with Crippen LogP contribution in [0, 0.1) is 11.3 Å². The Bertz CT molecular complexity index is 1400. The molecule has 30 heavy (non-hydrogen) atoms. The molecule has 1 aliphatic rings. The summed E-state index contributed by atoms with van der Waals surface area (Å²) >= 11 is 1.39. The lowest BCUT2D eigenvalue weighted by Gasteiger charge is -2.03. The molecule has 2 aromatic carbocycles. The van der Waals surface area contributed by atoms with E-state index in [1.165, 1.54) is 17.4 Å². The lowest BCUT2D eigenvalue weighted by molar-refractivity contribution is 0.174. The van der Waals surface area contributed by atoms with Gasteiger partial charge in [0.05, 0.1) is 5.69 Å². The molecular formula is C22H13N3O4S. The van der Waals surface area contributed by atoms with Crippen LogP contribution in [0.2, 0.25) is 0 Å². The first-order valence-corrected chi connectivity index (χ1v) is 9.84. The summed E-state index contributed by atoms with van der Waals surface area (Å²) in [6, 6.07) is 16.2. The van der Waals surface area contributed by atoms with Gasteiger partial charge in [-0.25, -0.2) is 9.78 Å². The molecule has 0 radical (unpaired) electrons. The fourth-order valence-corrected chi connectivity index (χ4v) is 3.84. The van der Waals surface area contributed by atoms with Crippen molar-refractivity contribution in [3.8, 4) is 28.8 Å². The smallest absolute Gasteiger partial charge is 0.336 e. The predicted octanol–water partition coefficient (Wildman–Crippen LogP) is 4.62. The molecular weight excluding hydrogens is 402 g/mol. The Morgan fingerprint density at radius 3 is 2.93 bits per heavy atom. The highest BCUT2D eigenvalue weighted by Gasteiger charge is 2.16. The zero-order valence-corrected chi connectivity index (χ0v) is 16.2. The second-order valence-corrected chi connectivity index (χ2v) is 7.29. The van der Waals surface area contributed by atoms with Crippen LogP contribution in [-0.2, 0) is 0 Å². The molecule has 7 nitrogen and oxygen atoms in total. The van der Waals surface area contributed by atoms with Crippen molar-refractivity contribution in [2.45, 2.75) is 0 Å². The summed E-state index contributed by atoms with van der Waals surface area (Å²) < 4.78 is 15.9. The first-order chi connectivity index (χ1) is 14.7. The summed E-state index contributed by atoms with van der Waals surface area (Å²) in [6.07, 6.45) is 1.61. The van der Waals surface area contributed by atoms with Crippen molar-refractivity contribution < 1.29 is 13.9 Å². The Morgan fingerprint density at radius 2 is 2.03 bits per heavy atom. The number of benzene rings is 2. The van der Waals surface area contributed by atoms with E-state index in [9.17, 15) is 10.1 Å². The summed E-state index contributed by atoms with van der Waals surface area (Å²) in [5.41, 5.74) is 2.93. The van der Waals surface area contributed by atoms with Gasteiger partial charge in [-0.1, -0.05) is 0 Å². The third-order valence-corrected chi connectivity index (χ3v) is 5.40. The number of aromatic nitrogens is 1. The zero-order valence-electron chi connectivity index (χ0n) is 15.4. The second kappa shape index (κ2) is 7.39. The molecule has 1 N–H and O–H groups in total. The van der Waals surface area contributed by atoms with Gasteiger partial charge in [0.15, 0.2) is 11.5 Å². The molecule has 146 valence electrons. The van der Waals surface area contributed by atoms with Gasteiger partial charge >= 0.3 is 5.63 Å². The van der Waals surface area contributed by atoms with Crippen molar-refractivity contribution in [2.75, 3.05) is 12.1 Å². The molecule has 4 aromatic rings. The highest BCUT2D eigenvalue weighted by atomic mass is 32.1. The largest absolute Gasteiger partial charge is 0.454 e. The summed E-state index contributed by atoms with van der Waals surface area (Å²) in [5.74, 6) is 1.40. The standard InChI is InChI=1S/C22H13N3O4S/c23-9-15(10-24-16-3-5-18-14(7-16)2-6-21(26)29-18)22-25-17(11-30-22)13-1-4-19-20(8-13)28-12-27-19/h1-8,10-11,24H,12H2. The van der Waals surface area contributed by atoms with Gasteiger partial charge in [-0.15, -0.1) is 11.3 Å². The number of allylic oxidation sites excluding steroid dienone is 1. The SMILES string of the molecule is N#CC(=CNc1ccc2oc(=O)ccc2c1)c1nc(-c2ccc3c(c2)OCO3)cs1. The van der Waals surface area contributed by atoms with Crippen LogP contribution in [-0.4, -0.2) is 11.8 Å². The van der Waals surface area contributed by atoms with E-state index in [-0.39, 0.29) is 6.79 Å². The number of rotatable bonds is 4. The van der Waals surface area contributed by atoms with Gasteiger partial charge in [0.25, 0.3) is 0 Å². The molecule has 0 bridgehead atoms. The number of ether oxygens (including phenoxy) is 2. The van der Waals surface area contributed by atoms with E-state index < -0.39 is 5.63 Å². The average molecular weight is 415 g/mol. The van der Waals surface area contributed by atoms with Gasteiger partial charge in [0.1, 0.15) is 22.2 Å². The number of hydrogen-bond donors (Lipinski definition) is 1. The lowest BCUT2D eigenvalue weighted by Crippen LogP contribution is -1.95. The molecule has 2 aromatic heterocycles. The summed E-state index contributed by atoms with van der Waals surface area (Å²) in [4.78, 5) is 15.9. The zero-order chi connectivity index (χ0) is 20.5. The molecule has 0 fully saturated rings. The summed E-state index contributed by atoms with van der Waals surface area (Å²) in [6.45, 7) is 0.217. The third-order valence-electron chi connectivity index (χ3n) is 4.53. The van der Waals surface area contributed by atoms with Crippen LogP contribution in [0.15, 0.2) is 69.3 Å². The molecule has 0 atom stereocenters. The molecule has 3 heterocycles. The van der Waals surface area contributed by atoms with Crippen LogP contribution < -0.4 is 20.4 Å². The predicted molar refractivity (Wildman–Crippen MR) is 113 cm³/mol. The number of fused-ring (bicyclic) bond motifs is 2. The number of thiazole rings is 1. The molecule has 0 amide bonds. The fraction of sp³-hybridized carbons (Fsp3) is 0.0455. The van der Waals surface area contributed by atoms with Crippen molar-refractivity contribution in [3.05, 3.63) is 75.5 Å². The summed E-state index contributed by atoms with van der Waals surface area (Å²) in [7, 11) is 0. The van der Waals surface area contributed by atoms with E-state index in [0.717, 1.165) is 22.3 Å². The Hall–Kier alpha value is -4.09. The van der Waals surface area contributed by atoms with Gasteiger partial charge in [-0.05, 0) is 42.5 Å². The maximum absolute atomic E-state index is 11.3. The minimum absolute atomic E-state index is 0.217. The Balaban J connectivity index is 1.39. The van der Waals surface area contributed by atoms with Crippen LogP contribution in [0.1, 0.15) is 5.01 Å². The van der Waals surface area contributed by atoms with Crippen LogP contribution in [0.4, 0.5) is 5.69 Å². The normalized spacial score (nSPS) is 12.7. The average Bonchev–Trinajstić information content (AvgIpc) is 3.43. The second-order valence-electron chi connectivity index (χ2n) is 6.43. The van der Waals surface area contributed by atoms with Crippen molar-refractivity contribution in [1.29, 1.82) is 5.26 Å². The van der Waals surface area contributed by atoms with Gasteiger partial charge in [-0.3, -0.25) is 0 Å². The number of nitrogens with one attached hydrogen (secondary N) is 1. The maximum Gasteiger partial charge on any atom is 0.336 e. The first kappa shape index (κ1) is 18.0. The van der Waals surface area contributed by atoms with Gasteiger partial charge < -0.3 is 19.2 Å². The van der Waals surface area contributed by atoms with Crippen LogP contribution in [0.25, 0.3) is 27.8 Å². The van der Waals surface area contributed by atoms with E-state index in [1.54, 1.807) is 24.4 Å². The highest BCUT2D eigenvalue weighted by Crippen LogP contribution is 2.36. The Morgan fingerprint density at radius 1 is 1.13 bits per heavy atom. The van der Waals surface area contributed by atoms with Crippen LogP contribution in [0.3, 0.4) is 0 Å².